The molecular weight excluding hydrogens is 394 g/mol. The first-order valence-electron chi connectivity index (χ1n) is 10.7. The summed E-state index contributed by atoms with van der Waals surface area (Å²) in [5.41, 5.74) is 5.38. The molecule has 0 N–H and O–H groups in total. The van der Waals surface area contributed by atoms with E-state index in [4.69, 9.17) is 5.10 Å². The van der Waals surface area contributed by atoms with Crippen LogP contribution in [0.2, 0.25) is 0 Å². The Morgan fingerprint density at radius 2 is 1.22 bits per heavy atom. The highest BCUT2D eigenvalue weighted by Crippen LogP contribution is 2.31. The van der Waals surface area contributed by atoms with Crippen LogP contribution < -0.4 is 9.91 Å². The third-order valence-electron chi connectivity index (χ3n) is 5.53. The fourth-order valence-corrected chi connectivity index (χ4v) is 3.94. The number of hydrazone groups is 1. The minimum Gasteiger partial charge on any atom is -0.302 e. The van der Waals surface area contributed by atoms with Crippen molar-refractivity contribution < 1.29 is 4.79 Å². The summed E-state index contributed by atoms with van der Waals surface area (Å²) in [6, 6.07) is 38.1. The van der Waals surface area contributed by atoms with Gasteiger partial charge in [-0.15, -0.1) is 0 Å². The molecule has 4 aromatic carbocycles. The Kier molecular flexibility index (Phi) is 5.50. The lowest BCUT2D eigenvalue weighted by Crippen LogP contribution is -2.31. The summed E-state index contributed by atoms with van der Waals surface area (Å²) in [6.07, 6.45) is 0. The Hall–Kier alpha value is -4.18. The van der Waals surface area contributed by atoms with Crippen molar-refractivity contribution in [3.05, 3.63) is 132 Å². The predicted octanol–water partition coefficient (Wildman–Crippen LogP) is 5.64. The normalized spacial score (nSPS) is 13.9. The number of fused-ring (bicyclic) bond motifs is 1. The zero-order chi connectivity index (χ0) is 21.8. The Bertz CT molecular complexity index is 1240. The van der Waals surface area contributed by atoms with Crippen molar-refractivity contribution in [2.45, 2.75) is 13.1 Å². The number of anilines is 2. The molecule has 0 fully saturated rings. The van der Waals surface area contributed by atoms with E-state index in [2.05, 4.69) is 12.1 Å². The quantitative estimate of drug-likeness (QED) is 0.380. The predicted molar refractivity (Wildman–Crippen MR) is 130 cm³/mol. The zero-order valence-electron chi connectivity index (χ0n) is 17.6. The number of carbonyl (C=O) groups excluding carboxylic acids is 1. The van der Waals surface area contributed by atoms with Crippen molar-refractivity contribution in [1.82, 2.24) is 0 Å². The number of amides is 1. The molecule has 156 valence electrons. The van der Waals surface area contributed by atoms with E-state index in [1.807, 2.05) is 113 Å². The van der Waals surface area contributed by atoms with Crippen molar-refractivity contribution in [3.63, 3.8) is 0 Å². The van der Waals surface area contributed by atoms with Crippen LogP contribution in [-0.2, 0) is 17.9 Å². The number of para-hydroxylation sites is 2. The molecule has 1 amide bonds. The molecule has 1 aliphatic rings. The maximum atomic E-state index is 13.6. The van der Waals surface area contributed by atoms with Crippen LogP contribution in [0, 0.1) is 0 Å². The Morgan fingerprint density at radius 3 is 1.91 bits per heavy atom. The summed E-state index contributed by atoms with van der Waals surface area (Å²) < 4.78 is 0. The summed E-state index contributed by atoms with van der Waals surface area (Å²) in [5, 5.41) is 6.82. The van der Waals surface area contributed by atoms with Crippen LogP contribution in [0.1, 0.15) is 16.7 Å². The van der Waals surface area contributed by atoms with Crippen molar-refractivity contribution in [3.8, 4) is 0 Å². The van der Waals surface area contributed by atoms with E-state index in [1.165, 1.54) is 0 Å². The molecule has 0 saturated carbocycles. The smallest absolute Gasteiger partial charge is 0.279 e. The van der Waals surface area contributed by atoms with Crippen LogP contribution in [0.5, 0.6) is 0 Å². The largest absolute Gasteiger partial charge is 0.302 e. The summed E-state index contributed by atoms with van der Waals surface area (Å²) in [4.78, 5) is 15.4. The topological polar surface area (TPSA) is 35.9 Å². The second-order valence-corrected chi connectivity index (χ2v) is 7.72. The Morgan fingerprint density at radius 1 is 0.656 bits per heavy atom. The molecule has 0 radical (unpaired) electrons. The summed E-state index contributed by atoms with van der Waals surface area (Å²) in [6.45, 7) is 1.09. The third kappa shape index (κ3) is 4.03. The van der Waals surface area contributed by atoms with Gasteiger partial charge in [0.15, 0.2) is 5.71 Å². The maximum Gasteiger partial charge on any atom is 0.279 e. The molecule has 1 aliphatic heterocycles. The van der Waals surface area contributed by atoms with Gasteiger partial charge in [-0.1, -0.05) is 97.1 Å². The first-order valence-corrected chi connectivity index (χ1v) is 10.7. The Labute approximate surface area is 188 Å². The molecule has 0 spiro atoms. The van der Waals surface area contributed by atoms with Gasteiger partial charge in [-0.05, 0) is 29.3 Å². The van der Waals surface area contributed by atoms with Crippen molar-refractivity contribution in [2.24, 2.45) is 5.10 Å². The Balaban J connectivity index is 1.54. The average Bonchev–Trinajstić information content (AvgIpc) is 3.11. The highest BCUT2D eigenvalue weighted by atomic mass is 16.2. The first-order chi connectivity index (χ1) is 15.8. The van der Waals surface area contributed by atoms with Gasteiger partial charge in [0.2, 0.25) is 0 Å². The first kappa shape index (κ1) is 19.8. The molecule has 0 unspecified atom stereocenters. The van der Waals surface area contributed by atoms with Crippen LogP contribution in [0.3, 0.4) is 0 Å². The highest BCUT2D eigenvalue weighted by Gasteiger charge is 2.34. The molecule has 4 nitrogen and oxygen atoms in total. The maximum absolute atomic E-state index is 13.6. The van der Waals surface area contributed by atoms with Gasteiger partial charge in [-0.3, -0.25) is 9.80 Å². The SMILES string of the molecule is O=C1C(=NN(Cc2ccccc2)c2ccccc2)c2ccccc2N1Cc1ccccc1. The van der Waals surface area contributed by atoms with Gasteiger partial charge in [0.05, 0.1) is 24.5 Å². The van der Waals surface area contributed by atoms with Gasteiger partial charge < -0.3 is 4.90 Å². The molecule has 0 bridgehead atoms. The van der Waals surface area contributed by atoms with Crippen molar-refractivity contribution >= 4 is 23.0 Å². The van der Waals surface area contributed by atoms with Crippen LogP contribution in [-0.4, -0.2) is 11.6 Å². The van der Waals surface area contributed by atoms with E-state index in [0.717, 1.165) is 28.1 Å². The van der Waals surface area contributed by atoms with E-state index in [-0.39, 0.29) is 5.91 Å². The van der Waals surface area contributed by atoms with Crippen LogP contribution in [0.4, 0.5) is 11.4 Å². The molecule has 4 aromatic rings. The molecule has 0 aromatic heterocycles. The number of hydrogen-bond donors (Lipinski definition) is 0. The lowest BCUT2D eigenvalue weighted by atomic mass is 10.1. The molecule has 5 rings (SSSR count). The number of rotatable bonds is 6. The number of nitrogens with zero attached hydrogens (tertiary/aromatic N) is 3. The van der Waals surface area contributed by atoms with E-state index in [9.17, 15) is 4.79 Å². The summed E-state index contributed by atoms with van der Waals surface area (Å²) >= 11 is 0. The lowest BCUT2D eigenvalue weighted by molar-refractivity contribution is -0.112. The monoisotopic (exact) mass is 417 g/mol. The fraction of sp³-hybridized carbons (Fsp3) is 0.0714. The number of hydrogen-bond acceptors (Lipinski definition) is 3. The average molecular weight is 418 g/mol. The van der Waals surface area contributed by atoms with Gasteiger partial charge >= 0.3 is 0 Å². The fourth-order valence-electron chi connectivity index (χ4n) is 3.94. The van der Waals surface area contributed by atoms with Crippen LogP contribution in [0.15, 0.2) is 120 Å². The van der Waals surface area contributed by atoms with E-state index in [0.29, 0.717) is 18.8 Å². The highest BCUT2D eigenvalue weighted by molar-refractivity contribution is 6.54. The van der Waals surface area contributed by atoms with Gasteiger partial charge in [0, 0.05) is 5.56 Å². The molecule has 1 heterocycles. The minimum atomic E-state index is -0.0796. The van der Waals surface area contributed by atoms with Gasteiger partial charge in [-0.25, -0.2) is 0 Å². The summed E-state index contributed by atoms with van der Waals surface area (Å²) in [5.74, 6) is -0.0796. The van der Waals surface area contributed by atoms with E-state index >= 15 is 0 Å². The van der Waals surface area contributed by atoms with Crippen molar-refractivity contribution in [1.29, 1.82) is 0 Å². The van der Waals surface area contributed by atoms with E-state index < -0.39 is 0 Å². The van der Waals surface area contributed by atoms with E-state index in [1.54, 1.807) is 0 Å². The van der Waals surface area contributed by atoms with Crippen LogP contribution in [0.25, 0.3) is 0 Å². The molecule has 0 aliphatic carbocycles. The van der Waals surface area contributed by atoms with Gasteiger partial charge in [0.1, 0.15) is 0 Å². The standard InChI is InChI=1S/C28H23N3O/c32-28-27(25-18-10-11-19-26(25)30(28)20-22-12-4-1-5-13-22)29-31(24-16-8-3-9-17-24)21-23-14-6-2-7-15-23/h1-19H,20-21H2. The molecule has 0 saturated heterocycles. The molecule has 4 heteroatoms. The third-order valence-corrected chi connectivity index (χ3v) is 5.53. The van der Waals surface area contributed by atoms with Gasteiger partial charge in [0.25, 0.3) is 5.91 Å². The lowest BCUT2D eigenvalue weighted by Gasteiger charge is -2.20. The number of carbonyl (C=O) groups is 1. The second kappa shape index (κ2) is 8.90. The minimum absolute atomic E-state index is 0.0796. The van der Waals surface area contributed by atoms with Crippen molar-refractivity contribution in [2.75, 3.05) is 9.91 Å². The second-order valence-electron chi connectivity index (χ2n) is 7.72. The molecule has 32 heavy (non-hydrogen) atoms. The molecular formula is C28H23N3O. The molecule has 0 atom stereocenters. The van der Waals surface area contributed by atoms with Gasteiger partial charge in [-0.2, -0.15) is 5.10 Å². The number of benzene rings is 4. The van der Waals surface area contributed by atoms with Crippen LogP contribution >= 0.6 is 0 Å². The summed E-state index contributed by atoms with van der Waals surface area (Å²) in [7, 11) is 0. The zero-order valence-corrected chi connectivity index (χ0v) is 17.6.